The lowest BCUT2D eigenvalue weighted by Crippen LogP contribution is -2.50. The van der Waals surface area contributed by atoms with E-state index in [1.54, 1.807) is 56.3 Å². The highest BCUT2D eigenvalue weighted by molar-refractivity contribution is 6.23. The number of amides is 3. The normalized spacial score (nSPS) is 13.9. The van der Waals surface area contributed by atoms with E-state index in [9.17, 15) is 19.2 Å². The fraction of sp³-hybridized carbons (Fsp3) is 0.333. The van der Waals surface area contributed by atoms with Gasteiger partial charge >= 0.3 is 5.97 Å². The minimum atomic E-state index is -0.993. The van der Waals surface area contributed by atoms with Gasteiger partial charge in [-0.1, -0.05) is 45.4 Å². The lowest BCUT2D eigenvalue weighted by molar-refractivity contribution is -0.121. The number of anilines is 1. The maximum atomic E-state index is 13.1. The zero-order chi connectivity index (χ0) is 22.5. The Morgan fingerprint density at radius 1 is 1.00 bits per heavy atom. The van der Waals surface area contributed by atoms with E-state index in [0.29, 0.717) is 29.0 Å². The molecule has 0 bridgehead atoms. The number of rotatable bonds is 8. The van der Waals surface area contributed by atoms with Crippen LogP contribution in [0, 0.1) is 5.92 Å². The molecule has 0 radical (unpaired) electrons. The summed E-state index contributed by atoms with van der Waals surface area (Å²) < 4.78 is 5.21. The topological polar surface area (TPSA) is 92.8 Å². The number of ether oxygens (including phenoxy) is 1. The molecule has 0 saturated carbocycles. The van der Waals surface area contributed by atoms with Crippen LogP contribution < -0.4 is 5.32 Å². The van der Waals surface area contributed by atoms with Gasteiger partial charge in [-0.05, 0) is 42.7 Å². The Kier molecular flexibility index (Phi) is 6.84. The Bertz CT molecular complexity index is 980. The van der Waals surface area contributed by atoms with Crippen molar-refractivity contribution in [1.82, 2.24) is 4.90 Å². The van der Waals surface area contributed by atoms with Crippen molar-refractivity contribution in [2.24, 2.45) is 5.92 Å². The molecule has 1 aliphatic rings. The predicted molar refractivity (Wildman–Crippen MR) is 116 cm³/mol. The Morgan fingerprint density at radius 2 is 1.65 bits per heavy atom. The van der Waals surface area contributed by atoms with Gasteiger partial charge in [0.25, 0.3) is 11.8 Å². The van der Waals surface area contributed by atoms with Crippen molar-refractivity contribution in [3.8, 4) is 0 Å². The fourth-order valence-corrected chi connectivity index (χ4v) is 3.51. The van der Waals surface area contributed by atoms with Crippen LogP contribution in [0.25, 0.3) is 0 Å². The molecule has 1 aliphatic heterocycles. The highest BCUT2D eigenvalue weighted by Gasteiger charge is 2.43. The van der Waals surface area contributed by atoms with Crippen LogP contribution in [-0.4, -0.2) is 41.2 Å². The average molecular weight is 422 g/mol. The van der Waals surface area contributed by atoms with Gasteiger partial charge in [-0.25, -0.2) is 4.79 Å². The number of hydrogen-bond acceptors (Lipinski definition) is 5. The first kappa shape index (κ1) is 22.2. The van der Waals surface area contributed by atoms with Crippen LogP contribution >= 0.6 is 0 Å². The maximum absolute atomic E-state index is 13.1. The number of esters is 1. The van der Waals surface area contributed by atoms with Crippen molar-refractivity contribution >= 4 is 29.4 Å². The van der Waals surface area contributed by atoms with E-state index < -0.39 is 29.7 Å². The second-order valence-electron chi connectivity index (χ2n) is 7.77. The number of unbranched alkanes of at least 4 members (excludes halogenated alkanes) is 1. The lowest BCUT2D eigenvalue weighted by atomic mass is 10.0. The summed E-state index contributed by atoms with van der Waals surface area (Å²) in [6, 6.07) is 11.9. The Morgan fingerprint density at radius 3 is 2.23 bits per heavy atom. The third-order valence-corrected chi connectivity index (χ3v) is 5.10. The molecule has 1 atom stereocenters. The molecule has 162 valence electrons. The number of benzene rings is 2. The molecule has 0 aliphatic carbocycles. The van der Waals surface area contributed by atoms with Gasteiger partial charge in [-0.2, -0.15) is 0 Å². The van der Waals surface area contributed by atoms with Crippen molar-refractivity contribution < 1.29 is 23.9 Å². The van der Waals surface area contributed by atoms with E-state index in [0.717, 1.165) is 17.7 Å². The third-order valence-electron chi connectivity index (χ3n) is 5.10. The van der Waals surface area contributed by atoms with E-state index in [2.05, 4.69) is 5.32 Å². The molecule has 7 heteroatoms. The summed E-state index contributed by atoms with van der Waals surface area (Å²) in [6.07, 6.45) is 1.69. The molecule has 3 rings (SSSR count). The van der Waals surface area contributed by atoms with Gasteiger partial charge in [0.05, 0.1) is 23.3 Å². The fourth-order valence-electron chi connectivity index (χ4n) is 3.51. The van der Waals surface area contributed by atoms with Crippen LogP contribution in [0.2, 0.25) is 0 Å². The molecular formula is C24H26N2O5. The molecule has 0 saturated heterocycles. The summed E-state index contributed by atoms with van der Waals surface area (Å²) >= 11 is 0. The number of nitrogens with zero attached hydrogens (tertiary/aromatic N) is 1. The van der Waals surface area contributed by atoms with Gasteiger partial charge in [-0.15, -0.1) is 0 Å². The maximum Gasteiger partial charge on any atom is 0.338 e. The number of carbonyl (C=O) groups excluding carboxylic acids is 4. The molecule has 0 fully saturated rings. The molecule has 7 nitrogen and oxygen atoms in total. The van der Waals surface area contributed by atoms with Crippen LogP contribution in [0.5, 0.6) is 0 Å². The predicted octanol–water partition coefficient (Wildman–Crippen LogP) is 3.90. The van der Waals surface area contributed by atoms with Gasteiger partial charge in [0, 0.05) is 5.69 Å². The van der Waals surface area contributed by atoms with E-state index in [4.69, 9.17) is 4.74 Å². The van der Waals surface area contributed by atoms with E-state index in [1.807, 2.05) is 6.92 Å². The van der Waals surface area contributed by atoms with Crippen LogP contribution in [0.1, 0.15) is 64.7 Å². The summed E-state index contributed by atoms with van der Waals surface area (Å²) in [5.41, 5.74) is 1.29. The Hall–Kier alpha value is -3.48. The lowest BCUT2D eigenvalue weighted by Gasteiger charge is -2.28. The molecule has 31 heavy (non-hydrogen) atoms. The zero-order valence-corrected chi connectivity index (χ0v) is 17.9. The van der Waals surface area contributed by atoms with Crippen molar-refractivity contribution in [3.05, 3.63) is 65.2 Å². The number of nitrogens with one attached hydrogen (secondary N) is 1. The largest absolute Gasteiger partial charge is 0.462 e. The highest BCUT2D eigenvalue weighted by Crippen LogP contribution is 2.28. The van der Waals surface area contributed by atoms with Crippen molar-refractivity contribution in [1.29, 1.82) is 0 Å². The van der Waals surface area contributed by atoms with E-state index >= 15 is 0 Å². The second kappa shape index (κ2) is 9.55. The smallest absolute Gasteiger partial charge is 0.338 e. The van der Waals surface area contributed by atoms with Crippen LogP contribution in [0.15, 0.2) is 48.5 Å². The molecule has 2 aromatic rings. The molecule has 3 amide bonds. The van der Waals surface area contributed by atoms with Gasteiger partial charge in [0.15, 0.2) is 0 Å². The monoisotopic (exact) mass is 422 g/mol. The molecule has 0 spiro atoms. The number of imide groups is 1. The number of carbonyl (C=O) groups is 4. The van der Waals surface area contributed by atoms with Crippen molar-refractivity contribution in [2.45, 2.75) is 39.7 Å². The van der Waals surface area contributed by atoms with E-state index in [-0.39, 0.29) is 5.92 Å². The average Bonchev–Trinajstić information content (AvgIpc) is 2.99. The standard InChI is InChI=1S/C24H26N2O5/c1-4-5-13-31-24(30)16-9-8-10-17(14-16)25-21(27)20(15(2)3)26-22(28)18-11-6-7-12-19(18)23(26)29/h6-12,14-15,20H,4-5,13H2,1-3H3,(H,25,27)/t20-/m1/s1. The minimum absolute atomic E-state index is 0.294. The summed E-state index contributed by atoms with van der Waals surface area (Å²) in [5.74, 6) is -2.25. The van der Waals surface area contributed by atoms with Crippen LogP contribution in [0.3, 0.4) is 0 Å². The quantitative estimate of drug-likeness (QED) is 0.396. The van der Waals surface area contributed by atoms with Crippen LogP contribution in [0.4, 0.5) is 5.69 Å². The minimum Gasteiger partial charge on any atom is -0.462 e. The molecule has 2 aromatic carbocycles. The van der Waals surface area contributed by atoms with Gasteiger partial charge in [-0.3, -0.25) is 19.3 Å². The summed E-state index contributed by atoms with van der Waals surface area (Å²) in [4.78, 5) is 52.0. The number of fused-ring (bicyclic) bond motifs is 1. The third kappa shape index (κ3) is 4.66. The van der Waals surface area contributed by atoms with E-state index in [1.165, 1.54) is 6.07 Å². The summed E-state index contributed by atoms with van der Waals surface area (Å²) in [7, 11) is 0. The summed E-state index contributed by atoms with van der Waals surface area (Å²) in [6.45, 7) is 5.88. The first-order valence-corrected chi connectivity index (χ1v) is 10.4. The Balaban J connectivity index is 1.78. The first-order valence-electron chi connectivity index (χ1n) is 10.4. The molecule has 0 aromatic heterocycles. The molecule has 0 unspecified atom stereocenters. The van der Waals surface area contributed by atoms with Gasteiger partial charge < -0.3 is 10.1 Å². The molecular weight excluding hydrogens is 396 g/mol. The van der Waals surface area contributed by atoms with Crippen LogP contribution in [-0.2, 0) is 9.53 Å². The van der Waals surface area contributed by atoms with Crippen molar-refractivity contribution in [2.75, 3.05) is 11.9 Å². The SMILES string of the molecule is CCCCOC(=O)c1cccc(NC(=O)[C@@H](C(C)C)N2C(=O)c3ccccc3C2=O)c1. The molecule has 1 N–H and O–H groups in total. The highest BCUT2D eigenvalue weighted by atomic mass is 16.5. The first-order chi connectivity index (χ1) is 14.8. The van der Waals surface area contributed by atoms with Gasteiger partial charge in [0.2, 0.25) is 5.91 Å². The van der Waals surface area contributed by atoms with Crippen molar-refractivity contribution in [3.63, 3.8) is 0 Å². The zero-order valence-electron chi connectivity index (χ0n) is 17.9. The molecule has 1 heterocycles. The Labute approximate surface area is 181 Å². The second-order valence-corrected chi connectivity index (χ2v) is 7.77. The summed E-state index contributed by atoms with van der Waals surface area (Å²) in [5, 5.41) is 2.74. The number of hydrogen-bond donors (Lipinski definition) is 1. The van der Waals surface area contributed by atoms with Gasteiger partial charge in [0.1, 0.15) is 6.04 Å².